The second-order valence-electron chi connectivity index (χ2n) is 2.94. The van der Waals surface area contributed by atoms with Crippen molar-refractivity contribution >= 4 is 28.7 Å². The van der Waals surface area contributed by atoms with E-state index in [9.17, 15) is 4.79 Å². The maximum atomic E-state index is 11.8. The summed E-state index contributed by atoms with van der Waals surface area (Å²) >= 11 is 7.12. The summed E-state index contributed by atoms with van der Waals surface area (Å²) in [6.07, 6.45) is 1.45. The van der Waals surface area contributed by atoms with Gasteiger partial charge in [0.15, 0.2) is 0 Å². The molecule has 2 aromatic rings. The van der Waals surface area contributed by atoms with E-state index in [4.69, 9.17) is 11.6 Å². The Balaban J connectivity index is 2.32. The zero-order valence-corrected chi connectivity index (χ0v) is 9.47. The third-order valence-electron chi connectivity index (χ3n) is 1.81. The van der Waals surface area contributed by atoms with Crippen LogP contribution < -0.4 is 0 Å². The first-order valence-electron chi connectivity index (χ1n) is 4.25. The summed E-state index contributed by atoms with van der Waals surface area (Å²) in [5.74, 6) is -0.170. The summed E-state index contributed by atoms with van der Waals surface area (Å²) in [7, 11) is 0. The first kappa shape index (κ1) is 10.3. The van der Waals surface area contributed by atoms with Gasteiger partial charge < -0.3 is 0 Å². The molecule has 2 aromatic heterocycles. The molecule has 0 bridgehead atoms. The van der Waals surface area contributed by atoms with Crippen LogP contribution in [0.5, 0.6) is 0 Å². The van der Waals surface area contributed by atoms with Crippen molar-refractivity contribution in [2.45, 2.75) is 6.92 Å². The lowest BCUT2D eigenvalue weighted by molar-refractivity contribution is 0.103. The molecule has 0 fully saturated rings. The number of hydrogen-bond donors (Lipinski definition) is 0. The van der Waals surface area contributed by atoms with Crippen molar-refractivity contribution in [1.82, 2.24) is 9.97 Å². The van der Waals surface area contributed by atoms with Crippen LogP contribution in [0.15, 0.2) is 23.7 Å². The van der Waals surface area contributed by atoms with E-state index >= 15 is 0 Å². The van der Waals surface area contributed by atoms with Crippen molar-refractivity contribution < 1.29 is 4.79 Å². The molecule has 15 heavy (non-hydrogen) atoms. The molecule has 2 rings (SSSR count). The molecule has 0 aliphatic rings. The summed E-state index contributed by atoms with van der Waals surface area (Å²) < 4.78 is 0. The molecular weight excluding hydrogens is 232 g/mol. The van der Waals surface area contributed by atoms with Gasteiger partial charge in [0.1, 0.15) is 11.4 Å². The van der Waals surface area contributed by atoms with Crippen molar-refractivity contribution in [3.05, 3.63) is 45.1 Å². The number of carbonyl (C=O) groups excluding carboxylic acids is 1. The minimum absolute atomic E-state index is 0.170. The number of nitrogens with zero attached hydrogens (tertiary/aromatic N) is 2. The molecule has 0 radical (unpaired) electrons. The molecule has 0 saturated carbocycles. The van der Waals surface area contributed by atoms with Gasteiger partial charge in [-0.05, 0) is 19.1 Å². The van der Waals surface area contributed by atoms with Crippen LogP contribution in [0.1, 0.15) is 21.2 Å². The SMILES string of the molecule is Cc1nc(C(=O)c2ccc(Cl)cn2)cs1. The van der Waals surface area contributed by atoms with E-state index in [1.165, 1.54) is 17.5 Å². The van der Waals surface area contributed by atoms with Gasteiger partial charge >= 0.3 is 0 Å². The highest BCUT2D eigenvalue weighted by molar-refractivity contribution is 7.09. The Morgan fingerprint density at radius 2 is 2.20 bits per heavy atom. The molecule has 0 aliphatic carbocycles. The molecular formula is C10H7ClN2OS. The largest absolute Gasteiger partial charge is 0.285 e. The van der Waals surface area contributed by atoms with Gasteiger partial charge in [0, 0.05) is 11.6 Å². The molecule has 0 atom stereocenters. The first-order chi connectivity index (χ1) is 7.16. The highest BCUT2D eigenvalue weighted by atomic mass is 35.5. The summed E-state index contributed by atoms with van der Waals surface area (Å²) in [5.41, 5.74) is 0.803. The topological polar surface area (TPSA) is 42.9 Å². The molecule has 0 amide bonds. The fourth-order valence-electron chi connectivity index (χ4n) is 1.11. The molecule has 2 heterocycles. The predicted molar refractivity (Wildman–Crippen MR) is 59.5 cm³/mol. The van der Waals surface area contributed by atoms with Gasteiger partial charge in [-0.15, -0.1) is 11.3 Å². The third-order valence-corrected chi connectivity index (χ3v) is 2.81. The molecule has 0 aromatic carbocycles. The average molecular weight is 239 g/mol. The Morgan fingerprint density at radius 1 is 1.40 bits per heavy atom. The van der Waals surface area contributed by atoms with E-state index in [2.05, 4.69) is 9.97 Å². The maximum absolute atomic E-state index is 11.8. The highest BCUT2D eigenvalue weighted by Gasteiger charge is 2.12. The summed E-state index contributed by atoms with van der Waals surface area (Å²) in [5, 5.41) is 3.11. The van der Waals surface area contributed by atoms with Gasteiger partial charge in [-0.25, -0.2) is 4.98 Å². The second-order valence-corrected chi connectivity index (χ2v) is 4.44. The van der Waals surface area contributed by atoms with E-state index in [1.807, 2.05) is 6.92 Å². The molecule has 76 valence electrons. The molecule has 0 N–H and O–H groups in total. The van der Waals surface area contributed by atoms with Gasteiger partial charge in [-0.2, -0.15) is 0 Å². The molecule has 3 nitrogen and oxygen atoms in total. The van der Waals surface area contributed by atoms with Crippen LogP contribution in [0.25, 0.3) is 0 Å². The van der Waals surface area contributed by atoms with Crippen LogP contribution >= 0.6 is 22.9 Å². The Bertz CT molecular complexity index is 492. The zero-order chi connectivity index (χ0) is 10.8. The molecule has 0 saturated heterocycles. The maximum Gasteiger partial charge on any atom is 0.230 e. The number of thiazole rings is 1. The molecule has 0 aliphatic heterocycles. The van der Waals surface area contributed by atoms with Crippen molar-refractivity contribution in [3.63, 3.8) is 0 Å². The molecule has 5 heteroatoms. The van der Waals surface area contributed by atoms with Gasteiger partial charge in [0.2, 0.25) is 5.78 Å². The summed E-state index contributed by atoms with van der Waals surface area (Å²) in [4.78, 5) is 19.9. The lowest BCUT2D eigenvalue weighted by Gasteiger charge is -1.95. The van der Waals surface area contributed by atoms with Crippen LogP contribution in [0.3, 0.4) is 0 Å². The number of rotatable bonds is 2. The van der Waals surface area contributed by atoms with E-state index in [-0.39, 0.29) is 5.78 Å². The van der Waals surface area contributed by atoms with Gasteiger partial charge in [0.25, 0.3) is 0 Å². The van der Waals surface area contributed by atoms with E-state index < -0.39 is 0 Å². The molecule has 0 spiro atoms. The zero-order valence-electron chi connectivity index (χ0n) is 7.90. The average Bonchev–Trinajstić information content (AvgIpc) is 2.65. The number of carbonyl (C=O) groups is 1. The number of aryl methyl sites for hydroxylation is 1. The predicted octanol–water partition coefficient (Wildman–Crippen LogP) is 2.73. The number of pyridine rings is 1. The van der Waals surface area contributed by atoms with E-state index in [0.717, 1.165) is 5.01 Å². The number of halogens is 1. The Hall–Kier alpha value is -1.26. The number of hydrogen-bond acceptors (Lipinski definition) is 4. The van der Waals surface area contributed by atoms with Crippen LogP contribution in [0, 0.1) is 6.92 Å². The smallest absolute Gasteiger partial charge is 0.230 e. The summed E-state index contributed by atoms with van der Waals surface area (Å²) in [6, 6.07) is 3.24. The van der Waals surface area contributed by atoms with Crippen LogP contribution in [-0.4, -0.2) is 15.8 Å². The lowest BCUT2D eigenvalue weighted by Crippen LogP contribution is -2.03. The second kappa shape index (κ2) is 4.08. The van der Waals surface area contributed by atoms with Crippen LogP contribution in [0.4, 0.5) is 0 Å². The fraction of sp³-hybridized carbons (Fsp3) is 0.100. The van der Waals surface area contributed by atoms with E-state index in [0.29, 0.717) is 16.4 Å². The van der Waals surface area contributed by atoms with Crippen molar-refractivity contribution in [2.24, 2.45) is 0 Å². The summed E-state index contributed by atoms with van der Waals surface area (Å²) in [6.45, 7) is 1.86. The van der Waals surface area contributed by atoms with Gasteiger partial charge in [-0.3, -0.25) is 9.78 Å². The van der Waals surface area contributed by atoms with E-state index in [1.54, 1.807) is 17.5 Å². The van der Waals surface area contributed by atoms with Crippen LogP contribution in [-0.2, 0) is 0 Å². The number of ketones is 1. The standard InChI is InChI=1S/C10H7ClN2OS/c1-6-13-9(5-15-6)10(14)8-3-2-7(11)4-12-8/h2-5H,1H3. The Labute approximate surface area is 95.8 Å². The Morgan fingerprint density at radius 3 is 2.73 bits per heavy atom. The van der Waals surface area contributed by atoms with Crippen molar-refractivity contribution in [2.75, 3.05) is 0 Å². The lowest BCUT2D eigenvalue weighted by atomic mass is 10.2. The highest BCUT2D eigenvalue weighted by Crippen LogP contribution is 2.13. The van der Waals surface area contributed by atoms with Crippen molar-refractivity contribution in [1.29, 1.82) is 0 Å². The third kappa shape index (κ3) is 2.22. The fourth-order valence-corrected chi connectivity index (χ4v) is 1.81. The number of aromatic nitrogens is 2. The molecule has 0 unspecified atom stereocenters. The Kier molecular flexibility index (Phi) is 2.79. The van der Waals surface area contributed by atoms with Gasteiger partial charge in [-0.1, -0.05) is 11.6 Å². The quantitative estimate of drug-likeness (QED) is 0.756. The monoisotopic (exact) mass is 238 g/mol. The first-order valence-corrected chi connectivity index (χ1v) is 5.51. The van der Waals surface area contributed by atoms with Gasteiger partial charge in [0.05, 0.1) is 10.0 Å². The van der Waals surface area contributed by atoms with Crippen molar-refractivity contribution in [3.8, 4) is 0 Å². The minimum Gasteiger partial charge on any atom is -0.285 e. The normalized spacial score (nSPS) is 10.3. The van der Waals surface area contributed by atoms with Crippen LogP contribution in [0.2, 0.25) is 5.02 Å². The minimum atomic E-state index is -0.170.